The summed E-state index contributed by atoms with van der Waals surface area (Å²) in [5.74, 6) is -1.41. The molecule has 0 bridgehead atoms. The molecule has 0 fully saturated rings. The zero-order valence-corrected chi connectivity index (χ0v) is 11.1. The van der Waals surface area contributed by atoms with Gasteiger partial charge in [-0.2, -0.15) is 0 Å². The third-order valence-corrected chi connectivity index (χ3v) is 3.05. The molecule has 0 aliphatic heterocycles. The van der Waals surface area contributed by atoms with E-state index in [9.17, 15) is 9.59 Å². The van der Waals surface area contributed by atoms with Gasteiger partial charge in [0.25, 0.3) is 0 Å². The average molecular weight is 277 g/mol. The van der Waals surface area contributed by atoms with Crippen LogP contribution in [0.1, 0.15) is 13.0 Å². The Morgan fingerprint density at radius 2 is 2.20 bits per heavy atom. The van der Waals surface area contributed by atoms with E-state index in [-0.39, 0.29) is 6.54 Å². The van der Waals surface area contributed by atoms with Gasteiger partial charge in [-0.3, -0.25) is 9.59 Å². The van der Waals surface area contributed by atoms with Gasteiger partial charge in [-0.1, -0.05) is 5.21 Å². The largest absolute Gasteiger partial charge is 0.480 e. The number of hydrogen-bond donors (Lipinski definition) is 2. The molecule has 1 unspecified atom stereocenters. The Kier molecular flexibility index (Phi) is 3.55. The van der Waals surface area contributed by atoms with Crippen molar-refractivity contribution in [3.8, 4) is 0 Å². The fraction of sp³-hybridized carbons (Fsp3) is 0.333. The summed E-state index contributed by atoms with van der Waals surface area (Å²) in [6.45, 7) is 1.53. The second kappa shape index (κ2) is 5.16. The Hall–Kier alpha value is -2.64. The number of nitrogens with two attached hydrogens (primary N) is 1. The predicted octanol–water partition coefficient (Wildman–Crippen LogP) is -0.00160. The Bertz CT molecular complexity index is 666. The molecule has 0 aliphatic rings. The van der Waals surface area contributed by atoms with Crippen LogP contribution in [0.5, 0.6) is 0 Å². The minimum absolute atomic E-state index is 0.114. The number of likely N-dealkylation sites (N-methyl/N-ethyl adjacent to an activating group) is 1. The molecule has 1 aromatic heterocycles. The summed E-state index contributed by atoms with van der Waals surface area (Å²) in [5, 5.41) is 16.7. The number of carbonyl (C=O) groups excluding carboxylic acids is 1. The quantitative estimate of drug-likeness (QED) is 0.795. The van der Waals surface area contributed by atoms with E-state index in [1.807, 2.05) is 0 Å². The number of anilines is 1. The molecule has 20 heavy (non-hydrogen) atoms. The highest BCUT2D eigenvalue weighted by Crippen LogP contribution is 2.21. The summed E-state index contributed by atoms with van der Waals surface area (Å²) in [6.07, 6.45) is 0. The molecule has 0 spiro atoms. The summed E-state index contributed by atoms with van der Waals surface area (Å²) >= 11 is 0. The Balaban J connectivity index is 2.37. The molecule has 106 valence electrons. The second-order valence-electron chi connectivity index (χ2n) is 4.54. The molecule has 1 amide bonds. The van der Waals surface area contributed by atoms with Gasteiger partial charge >= 0.3 is 5.97 Å². The smallest absolute Gasteiger partial charge is 0.323 e. The van der Waals surface area contributed by atoms with Crippen molar-refractivity contribution < 1.29 is 14.7 Å². The van der Waals surface area contributed by atoms with E-state index in [0.29, 0.717) is 16.7 Å². The van der Waals surface area contributed by atoms with E-state index >= 15 is 0 Å². The van der Waals surface area contributed by atoms with Gasteiger partial charge in [0.1, 0.15) is 18.1 Å². The molecule has 8 heteroatoms. The summed E-state index contributed by atoms with van der Waals surface area (Å²) in [4.78, 5) is 23.5. The molecule has 0 saturated heterocycles. The maximum atomic E-state index is 11.2. The topological polar surface area (TPSA) is 114 Å². The van der Waals surface area contributed by atoms with Gasteiger partial charge < -0.3 is 15.7 Å². The van der Waals surface area contributed by atoms with Crippen molar-refractivity contribution in [1.82, 2.24) is 15.0 Å². The zero-order valence-electron chi connectivity index (χ0n) is 11.1. The first-order valence-electron chi connectivity index (χ1n) is 5.97. The first kappa shape index (κ1) is 13.8. The molecule has 0 saturated carbocycles. The van der Waals surface area contributed by atoms with Gasteiger partial charge in [-0.25, -0.2) is 4.68 Å². The van der Waals surface area contributed by atoms with E-state index in [2.05, 4.69) is 10.3 Å². The van der Waals surface area contributed by atoms with Gasteiger partial charge in [0.2, 0.25) is 5.91 Å². The van der Waals surface area contributed by atoms with E-state index in [0.717, 1.165) is 0 Å². The number of rotatable bonds is 5. The van der Waals surface area contributed by atoms with Crippen LogP contribution in [-0.4, -0.2) is 45.6 Å². The number of carboxylic acid groups (broad SMARTS) is 1. The van der Waals surface area contributed by atoms with Crippen LogP contribution in [0.25, 0.3) is 11.0 Å². The Morgan fingerprint density at radius 3 is 2.80 bits per heavy atom. The number of aromatic nitrogens is 3. The third kappa shape index (κ3) is 2.53. The van der Waals surface area contributed by atoms with Gasteiger partial charge in [0.05, 0.1) is 5.52 Å². The van der Waals surface area contributed by atoms with Crippen LogP contribution < -0.4 is 10.6 Å². The fourth-order valence-corrected chi connectivity index (χ4v) is 1.87. The van der Waals surface area contributed by atoms with Gasteiger partial charge in [0, 0.05) is 12.7 Å². The predicted molar refractivity (Wildman–Crippen MR) is 72.3 cm³/mol. The number of carbonyl (C=O) groups is 2. The molecule has 2 aromatic rings. The van der Waals surface area contributed by atoms with Crippen LogP contribution in [0, 0.1) is 0 Å². The van der Waals surface area contributed by atoms with Crippen molar-refractivity contribution >= 4 is 28.6 Å². The minimum Gasteiger partial charge on any atom is -0.480 e. The van der Waals surface area contributed by atoms with Crippen LogP contribution in [0.15, 0.2) is 18.2 Å². The number of primary amides is 1. The molecule has 0 aliphatic carbocycles. The average Bonchev–Trinajstić information content (AvgIpc) is 2.79. The lowest BCUT2D eigenvalue weighted by Gasteiger charge is -2.16. The first-order valence-corrected chi connectivity index (χ1v) is 5.97. The van der Waals surface area contributed by atoms with E-state index in [4.69, 9.17) is 10.8 Å². The van der Waals surface area contributed by atoms with Crippen LogP contribution >= 0.6 is 0 Å². The summed E-state index contributed by atoms with van der Waals surface area (Å²) < 4.78 is 1.44. The molecular weight excluding hydrogens is 262 g/mol. The van der Waals surface area contributed by atoms with E-state index in [1.54, 1.807) is 37.1 Å². The molecule has 3 N–H and O–H groups in total. The number of aliphatic carboxylic acids is 1. The van der Waals surface area contributed by atoms with Crippen LogP contribution in [0.2, 0.25) is 0 Å². The van der Waals surface area contributed by atoms with Crippen molar-refractivity contribution in [2.24, 2.45) is 5.73 Å². The lowest BCUT2D eigenvalue weighted by atomic mass is 10.2. The number of amides is 1. The lowest BCUT2D eigenvalue weighted by molar-refractivity contribution is -0.135. The third-order valence-electron chi connectivity index (χ3n) is 3.05. The summed E-state index contributed by atoms with van der Waals surface area (Å²) in [6, 6.07) is 4.61. The molecule has 1 atom stereocenters. The molecule has 1 aromatic carbocycles. The lowest BCUT2D eigenvalue weighted by Crippen LogP contribution is -2.25. The Labute approximate surface area is 114 Å². The van der Waals surface area contributed by atoms with Crippen molar-refractivity contribution in [3.63, 3.8) is 0 Å². The molecular formula is C12H15N5O3. The molecule has 0 radical (unpaired) electrons. The SMILES string of the molecule is CC(C(N)=O)n1nnc2cc(N(C)CC(=O)O)ccc21. The minimum atomic E-state index is -0.918. The summed E-state index contributed by atoms with van der Waals surface area (Å²) in [7, 11) is 1.67. The van der Waals surface area contributed by atoms with E-state index in [1.165, 1.54) is 4.68 Å². The highest BCUT2D eigenvalue weighted by molar-refractivity contribution is 5.84. The molecule has 1 heterocycles. The van der Waals surface area contributed by atoms with Crippen molar-refractivity contribution in [2.75, 3.05) is 18.5 Å². The second-order valence-corrected chi connectivity index (χ2v) is 4.54. The fourth-order valence-electron chi connectivity index (χ4n) is 1.87. The number of nitrogens with zero attached hydrogens (tertiary/aromatic N) is 4. The van der Waals surface area contributed by atoms with Gasteiger partial charge in [-0.15, -0.1) is 5.10 Å². The van der Waals surface area contributed by atoms with Crippen molar-refractivity contribution in [3.05, 3.63) is 18.2 Å². The van der Waals surface area contributed by atoms with Gasteiger partial charge in [0.15, 0.2) is 0 Å². The monoisotopic (exact) mass is 277 g/mol. The normalized spacial score (nSPS) is 12.3. The van der Waals surface area contributed by atoms with Crippen molar-refractivity contribution in [1.29, 1.82) is 0 Å². The van der Waals surface area contributed by atoms with Crippen molar-refractivity contribution in [2.45, 2.75) is 13.0 Å². The summed E-state index contributed by atoms with van der Waals surface area (Å²) in [5.41, 5.74) is 7.20. The zero-order chi connectivity index (χ0) is 14.9. The molecule has 8 nitrogen and oxygen atoms in total. The standard InChI is InChI=1S/C12H15N5O3/c1-7(12(13)20)17-10-4-3-8(5-9(10)14-15-17)16(2)6-11(18)19/h3-5,7H,6H2,1-2H3,(H2,13,20)(H,18,19). The molecule has 2 rings (SSSR count). The number of carboxylic acids is 1. The van der Waals surface area contributed by atoms with Crippen LogP contribution in [-0.2, 0) is 9.59 Å². The highest BCUT2D eigenvalue weighted by atomic mass is 16.4. The Morgan fingerprint density at radius 1 is 1.50 bits per heavy atom. The first-order chi connectivity index (χ1) is 9.40. The van der Waals surface area contributed by atoms with Crippen LogP contribution in [0.3, 0.4) is 0 Å². The maximum Gasteiger partial charge on any atom is 0.323 e. The number of hydrogen-bond acceptors (Lipinski definition) is 5. The van der Waals surface area contributed by atoms with Gasteiger partial charge in [-0.05, 0) is 25.1 Å². The maximum absolute atomic E-state index is 11.2. The van der Waals surface area contributed by atoms with Crippen LogP contribution in [0.4, 0.5) is 5.69 Å². The highest BCUT2D eigenvalue weighted by Gasteiger charge is 2.16. The number of benzene rings is 1. The number of fused-ring (bicyclic) bond motifs is 1. The van der Waals surface area contributed by atoms with E-state index < -0.39 is 17.9 Å².